The fourth-order valence-electron chi connectivity index (χ4n) is 2.79. The Morgan fingerprint density at radius 2 is 2.18 bits per heavy atom. The van der Waals surface area contributed by atoms with Crippen molar-refractivity contribution in [3.8, 4) is 0 Å². The van der Waals surface area contributed by atoms with Crippen molar-refractivity contribution < 1.29 is 14.6 Å². The van der Waals surface area contributed by atoms with E-state index in [0.29, 0.717) is 12.5 Å². The highest BCUT2D eigenvalue weighted by molar-refractivity contribution is 7.09. The van der Waals surface area contributed by atoms with Gasteiger partial charge in [-0.2, -0.15) is 0 Å². The van der Waals surface area contributed by atoms with Crippen LogP contribution in [0.1, 0.15) is 44.9 Å². The van der Waals surface area contributed by atoms with E-state index in [4.69, 9.17) is 4.74 Å². The van der Waals surface area contributed by atoms with Gasteiger partial charge in [0.2, 0.25) is 0 Å². The van der Waals surface area contributed by atoms with Crippen LogP contribution in [0.25, 0.3) is 0 Å². The van der Waals surface area contributed by atoms with Crippen LogP contribution in [0.4, 0.5) is 4.79 Å². The van der Waals surface area contributed by atoms with E-state index in [1.807, 2.05) is 20.8 Å². The van der Waals surface area contributed by atoms with E-state index in [1.54, 1.807) is 11.3 Å². The van der Waals surface area contributed by atoms with Crippen molar-refractivity contribution in [2.24, 2.45) is 11.3 Å². The van der Waals surface area contributed by atoms with Crippen LogP contribution in [0, 0.1) is 11.3 Å². The van der Waals surface area contributed by atoms with Crippen LogP contribution in [0.2, 0.25) is 0 Å². The standard InChI is InChI=1S/C17H27NO3S/c1-16(2,3)21-15(20)18-11-17(12-19,13-6-7-13)9-8-14-5-4-10-22-14/h4-5,10,13,19H,6-9,11-12H2,1-3H3,(H,18,20). The monoisotopic (exact) mass is 325 g/mol. The predicted molar refractivity (Wildman–Crippen MR) is 89.1 cm³/mol. The first kappa shape index (κ1) is 17.3. The average Bonchev–Trinajstić information content (AvgIpc) is 3.15. The summed E-state index contributed by atoms with van der Waals surface area (Å²) in [6.07, 6.45) is 3.72. The molecule has 0 aliphatic heterocycles. The number of aliphatic hydroxyl groups is 1. The number of amides is 1. The summed E-state index contributed by atoms with van der Waals surface area (Å²) >= 11 is 1.74. The Hall–Kier alpha value is -1.07. The van der Waals surface area contributed by atoms with E-state index < -0.39 is 11.7 Å². The molecule has 0 saturated heterocycles. The second-order valence-corrected chi connectivity index (χ2v) is 8.26. The summed E-state index contributed by atoms with van der Waals surface area (Å²) in [5, 5.41) is 14.9. The molecular weight excluding hydrogens is 298 g/mol. The van der Waals surface area contributed by atoms with Crippen LogP contribution >= 0.6 is 11.3 Å². The molecule has 0 spiro atoms. The number of carbonyl (C=O) groups is 1. The molecule has 1 atom stereocenters. The Morgan fingerprint density at radius 3 is 2.68 bits per heavy atom. The minimum atomic E-state index is -0.498. The van der Waals surface area contributed by atoms with Crippen molar-refractivity contribution in [1.29, 1.82) is 0 Å². The highest BCUT2D eigenvalue weighted by Gasteiger charge is 2.44. The lowest BCUT2D eigenvalue weighted by Gasteiger charge is -2.33. The van der Waals surface area contributed by atoms with Crippen molar-refractivity contribution in [3.05, 3.63) is 22.4 Å². The molecule has 1 aliphatic carbocycles. The molecule has 4 nitrogen and oxygen atoms in total. The molecule has 1 aliphatic rings. The molecule has 22 heavy (non-hydrogen) atoms. The molecule has 1 heterocycles. The Kier molecular flexibility index (Phi) is 5.50. The number of aliphatic hydroxyl groups excluding tert-OH is 1. The third kappa shape index (κ3) is 4.99. The van der Waals surface area contributed by atoms with Crippen LogP contribution in [0.5, 0.6) is 0 Å². The summed E-state index contributed by atoms with van der Waals surface area (Å²) in [5.41, 5.74) is -0.719. The number of rotatable bonds is 7. The zero-order valence-electron chi connectivity index (χ0n) is 13.7. The lowest BCUT2D eigenvalue weighted by atomic mass is 9.78. The maximum absolute atomic E-state index is 11.9. The number of nitrogens with one attached hydrogen (secondary N) is 1. The van der Waals surface area contributed by atoms with Crippen molar-refractivity contribution in [1.82, 2.24) is 5.32 Å². The van der Waals surface area contributed by atoms with Crippen molar-refractivity contribution in [2.45, 2.75) is 52.1 Å². The minimum absolute atomic E-state index is 0.110. The summed E-state index contributed by atoms with van der Waals surface area (Å²) in [6.45, 7) is 6.14. The van der Waals surface area contributed by atoms with Gasteiger partial charge in [-0.15, -0.1) is 11.3 Å². The third-order valence-electron chi connectivity index (χ3n) is 4.19. The second kappa shape index (κ2) is 7.01. The van der Waals surface area contributed by atoms with E-state index in [1.165, 1.54) is 4.88 Å². The van der Waals surface area contributed by atoms with E-state index in [0.717, 1.165) is 25.7 Å². The number of ether oxygens (including phenoxy) is 1. The number of hydrogen-bond donors (Lipinski definition) is 2. The number of carbonyl (C=O) groups excluding carboxylic acids is 1. The van der Waals surface area contributed by atoms with Gasteiger partial charge in [0.15, 0.2) is 0 Å². The van der Waals surface area contributed by atoms with Crippen LogP contribution in [0.15, 0.2) is 17.5 Å². The first-order valence-electron chi connectivity index (χ1n) is 7.95. The zero-order valence-corrected chi connectivity index (χ0v) is 14.5. The van der Waals surface area contributed by atoms with Gasteiger partial charge in [-0.1, -0.05) is 6.07 Å². The average molecular weight is 325 g/mol. The molecule has 1 aromatic rings. The normalized spacial score (nSPS) is 17.8. The molecule has 0 bridgehead atoms. The first-order valence-corrected chi connectivity index (χ1v) is 8.83. The molecule has 2 rings (SSSR count). The number of aryl methyl sites for hydroxylation is 1. The fourth-order valence-corrected chi connectivity index (χ4v) is 3.49. The van der Waals surface area contributed by atoms with Gasteiger partial charge in [-0.3, -0.25) is 0 Å². The number of hydrogen-bond acceptors (Lipinski definition) is 4. The number of alkyl carbamates (subject to hydrolysis) is 1. The Bertz CT molecular complexity index is 477. The topological polar surface area (TPSA) is 58.6 Å². The van der Waals surface area contributed by atoms with Crippen LogP contribution in [-0.4, -0.2) is 30.0 Å². The highest BCUT2D eigenvalue weighted by atomic mass is 32.1. The van der Waals surface area contributed by atoms with Crippen LogP contribution in [-0.2, 0) is 11.2 Å². The van der Waals surface area contributed by atoms with E-state index >= 15 is 0 Å². The van der Waals surface area contributed by atoms with E-state index in [-0.39, 0.29) is 12.0 Å². The van der Waals surface area contributed by atoms with Crippen molar-refractivity contribution in [2.75, 3.05) is 13.2 Å². The van der Waals surface area contributed by atoms with Gasteiger partial charge in [0.1, 0.15) is 5.60 Å². The quantitative estimate of drug-likeness (QED) is 0.805. The molecule has 124 valence electrons. The molecule has 1 amide bonds. The molecule has 0 aromatic carbocycles. The van der Waals surface area contributed by atoms with Gasteiger partial charge in [0, 0.05) is 16.8 Å². The summed E-state index contributed by atoms with van der Waals surface area (Å²) < 4.78 is 5.30. The maximum Gasteiger partial charge on any atom is 0.407 e. The largest absolute Gasteiger partial charge is 0.444 e. The van der Waals surface area contributed by atoms with Gasteiger partial charge < -0.3 is 15.2 Å². The minimum Gasteiger partial charge on any atom is -0.444 e. The SMILES string of the molecule is CC(C)(C)OC(=O)NCC(CO)(CCc1cccs1)C1CC1. The summed E-state index contributed by atoms with van der Waals surface area (Å²) in [7, 11) is 0. The molecule has 1 unspecified atom stereocenters. The van der Waals surface area contributed by atoms with Gasteiger partial charge in [-0.05, 0) is 63.8 Å². The van der Waals surface area contributed by atoms with Crippen LogP contribution in [0.3, 0.4) is 0 Å². The zero-order chi connectivity index (χ0) is 16.2. The summed E-state index contributed by atoms with van der Waals surface area (Å²) in [6, 6.07) is 4.18. The molecule has 1 aromatic heterocycles. The van der Waals surface area contributed by atoms with Gasteiger partial charge in [-0.25, -0.2) is 4.79 Å². The molecule has 0 radical (unpaired) electrons. The smallest absolute Gasteiger partial charge is 0.407 e. The Labute approximate surface area is 136 Å². The number of thiophene rings is 1. The molecule has 5 heteroatoms. The Balaban J connectivity index is 1.92. The van der Waals surface area contributed by atoms with Crippen molar-refractivity contribution in [3.63, 3.8) is 0 Å². The van der Waals surface area contributed by atoms with Gasteiger partial charge >= 0.3 is 6.09 Å². The lowest BCUT2D eigenvalue weighted by Crippen LogP contribution is -2.43. The molecular formula is C17H27NO3S. The fraction of sp³-hybridized carbons (Fsp3) is 0.706. The predicted octanol–water partition coefficient (Wildman–Crippen LogP) is 3.59. The first-order chi connectivity index (χ1) is 10.3. The van der Waals surface area contributed by atoms with E-state index in [9.17, 15) is 9.90 Å². The lowest BCUT2D eigenvalue weighted by molar-refractivity contribution is 0.0426. The van der Waals surface area contributed by atoms with Crippen LogP contribution < -0.4 is 5.32 Å². The maximum atomic E-state index is 11.9. The molecule has 1 saturated carbocycles. The molecule has 2 N–H and O–H groups in total. The van der Waals surface area contributed by atoms with Crippen molar-refractivity contribution >= 4 is 17.4 Å². The summed E-state index contributed by atoms with van der Waals surface area (Å²) in [5.74, 6) is 0.507. The molecule has 1 fully saturated rings. The highest BCUT2D eigenvalue weighted by Crippen LogP contribution is 2.48. The van der Waals surface area contributed by atoms with E-state index in [2.05, 4.69) is 22.8 Å². The summed E-state index contributed by atoms with van der Waals surface area (Å²) in [4.78, 5) is 13.2. The third-order valence-corrected chi connectivity index (χ3v) is 5.13. The van der Waals surface area contributed by atoms with Gasteiger partial charge in [0.25, 0.3) is 0 Å². The van der Waals surface area contributed by atoms with Gasteiger partial charge in [0.05, 0.1) is 6.61 Å². The second-order valence-electron chi connectivity index (χ2n) is 7.23. The Morgan fingerprint density at radius 1 is 1.45 bits per heavy atom.